The first-order valence-corrected chi connectivity index (χ1v) is 8.94. The second-order valence-corrected chi connectivity index (χ2v) is 6.63. The van der Waals surface area contributed by atoms with Gasteiger partial charge in [-0.25, -0.2) is 4.98 Å². The summed E-state index contributed by atoms with van der Waals surface area (Å²) in [5.74, 6) is 0.776. The van der Waals surface area contributed by atoms with Crippen LogP contribution in [0.4, 0.5) is 0 Å². The van der Waals surface area contributed by atoms with E-state index in [1.807, 2.05) is 43.3 Å². The van der Waals surface area contributed by atoms with Gasteiger partial charge < -0.3 is 14.6 Å². The van der Waals surface area contributed by atoms with Crippen LogP contribution >= 0.6 is 11.6 Å². The van der Waals surface area contributed by atoms with Crippen molar-refractivity contribution in [1.29, 1.82) is 0 Å². The molecular weight excluding hydrogens is 350 g/mol. The lowest BCUT2D eigenvalue weighted by Crippen LogP contribution is -2.30. The number of benzene rings is 2. The van der Waals surface area contributed by atoms with Crippen molar-refractivity contribution < 1.29 is 9.53 Å². The molecule has 1 heterocycles. The Morgan fingerprint density at radius 3 is 2.69 bits per heavy atom. The number of aromatic nitrogens is 2. The number of imidazole rings is 1. The molecular formula is C20H22ClN3O2. The number of nitrogens with zero attached hydrogens (tertiary/aromatic N) is 2. The zero-order valence-corrected chi connectivity index (χ0v) is 15.7. The van der Waals surface area contributed by atoms with Crippen LogP contribution in [0.3, 0.4) is 0 Å². The van der Waals surface area contributed by atoms with Gasteiger partial charge in [0.25, 0.3) is 0 Å². The Morgan fingerprint density at radius 1 is 1.23 bits per heavy atom. The molecule has 1 atom stereocenters. The highest BCUT2D eigenvalue weighted by molar-refractivity contribution is 6.30. The Morgan fingerprint density at radius 2 is 1.96 bits per heavy atom. The normalized spacial score (nSPS) is 12.3. The lowest BCUT2D eigenvalue weighted by Gasteiger charge is -2.16. The monoisotopic (exact) mass is 371 g/mol. The first kappa shape index (κ1) is 18.4. The molecule has 1 unspecified atom stereocenters. The fraction of sp³-hybridized carbons (Fsp3) is 0.300. The minimum atomic E-state index is -0.209. The predicted molar refractivity (Wildman–Crippen MR) is 103 cm³/mol. The summed E-state index contributed by atoms with van der Waals surface area (Å²) in [7, 11) is 1.68. The lowest BCUT2D eigenvalue weighted by atomic mass is 10.1. The molecule has 0 spiro atoms. The molecule has 1 amide bonds. The number of rotatable bonds is 7. The van der Waals surface area contributed by atoms with Gasteiger partial charge in [-0.2, -0.15) is 0 Å². The van der Waals surface area contributed by atoms with E-state index in [4.69, 9.17) is 21.3 Å². The molecule has 0 aliphatic rings. The number of carbonyl (C=O) groups excluding carboxylic acids is 1. The molecule has 0 aliphatic carbocycles. The number of halogens is 1. The van der Waals surface area contributed by atoms with Gasteiger partial charge in [-0.1, -0.05) is 35.9 Å². The van der Waals surface area contributed by atoms with Crippen molar-refractivity contribution in [3.8, 4) is 0 Å². The summed E-state index contributed by atoms with van der Waals surface area (Å²) in [4.78, 5) is 17.1. The number of ether oxygens (including phenoxy) is 1. The van der Waals surface area contributed by atoms with E-state index in [-0.39, 0.29) is 11.9 Å². The molecule has 2 aromatic carbocycles. The summed E-state index contributed by atoms with van der Waals surface area (Å²) in [6.45, 7) is 3.22. The highest BCUT2D eigenvalue weighted by Gasteiger charge is 2.18. The fourth-order valence-electron chi connectivity index (χ4n) is 2.99. The maximum absolute atomic E-state index is 12.4. The van der Waals surface area contributed by atoms with E-state index < -0.39 is 0 Å². The highest BCUT2D eigenvalue weighted by atomic mass is 35.5. The summed E-state index contributed by atoms with van der Waals surface area (Å²) < 4.78 is 7.33. The third-order valence-electron chi connectivity index (χ3n) is 4.25. The van der Waals surface area contributed by atoms with E-state index in [0.29, 0.717) is 24.6 Å². The van der Waals surface area contributed by atoms with E-state index in [9.17, 15) is 4.79 Å². The van der Waals surface area contributed by atoms with Crippen molar-refractivity contribution in [3.63, 3.8) is 0 Å². The van der Waals surface area contributed by atoms with Crippen LogP contribution in [-0.2, 0) is 22.5 Å². The van der Waals surface area contributed by atoms with Gasteiger partial charge in [-0.15, -0.1) is 0 Å². The van der Waals surface area contributed by atoms with Gasteiger partial charge in [0.1, 0.15) is 5.82 Å². The molecule has 0 radical (unpaired) electrons. The summed E-state index contributed by atoms with van der Waals surface area (Å²) >= 11 is 5.89. The van der Waals surface area contributed by atoms with Crippen LogP contribution in [0, 0.1) is 0 Å². The van der Waals surface area contributed by atoms with E-state index >= 15 is 0 Å². The van der Waals surface area contributed by atoms with Crippen LogP contribution in [0.25, 0.3) is 11.0 Å². The number of para-hydroxylation sites is 2. The largest absolute Gasteiger partial charge is 0.383 e. The molecule has 0 aliphatic heterocycles. The van der Waals surface area contributed by atoms with Crippen molar-refractivity contribution in [2.75, 3.05) is 13.7 Å². The molecule has 1 N–H and O–H groups in total. The second-order valence-electron chi connectivity index (χ2n) is 6.20. The van der Waals surface area contributed by atoms with Gasteiger partial charge in [0.15, 0.2) is 0 Å². The summed E-state index contributed by atoms with van der Waals surface area (Å²) in [6.07, 6.45) is 0.305. The molecule has 26 heavy (non-hydrogen) atoms. The smallest absolute Gasteiger partial charge is 0.224 e. The van der Waals surface area contributed by atoms with E-state index in [1.54, 1.807) is 19.2 Å². The maximum Gasteiger partial charge on any atom is 0.224 e. The number of hydrogen-bond acceptors (Lipinski definition) is 3. The molecule has 5 nitrogen and oxygen atoms in total. The highest BCUT2D eigenvalue weighted by Crippen LogP contribution is 2.21. The molecule has 0 saturated carbocycles. The summed E-state index contributed by atoms with van der Waals surface area (Å²) in [5.41, 5.74) is 2.88. The molecule has 0 bridgehead atoms. The van der Waals surface area contributed by atoms with Crippen molar-refractivity contribution in [2.45, 2.75) is 25.9 Å². The molecule has 6 heteroatoms. The Kier molecular flexibility index (Phi) is 5.91. The molecule has 0 saturated heterocycles. The topological polar surface area (TPSA) is 56.1 Å². The molecule has 1 aromatic heterocycles. The zero-order valence-electron chi connectivity index (χ0n) is 14.9. The number of hydrogen-bond donors (Lipinski definition) is 1. The second kappa shape index (κ2) is 8.34. The fourth-order valence-corrected chi connectivity index (χ4v) is 3.11. The van der Waals surface area contributed by atoms with Crippen molar-refractivity contribution in [3.05, 3.63) is 64.9 Å². The van der Waals surface area contributed by atoms with Crippen molar-refractivity contribution >= 4 is 28.5 Å². The Bertz CT molecular complexity index is 890. The quantitative estimate of drug-likeness (QED) is 0.688. The van der Waals surface area contributed by atoms with Crippen molar-refractivity contribution in [2.24, 2.45) is 0 Å². The average Bonchev–Trinajstić information content (AvgIpc) is 3.00. The summed E-state index contributed by atoms with van der Waals surface area (Å²) in [6, 6.07) is 15.0. The van der Waals surface area contributed by atoms with Gasteiger partial charge >= 0.3 is 0 Å². The SMILES string of the molecule is COCCn1c(C(C)NC(=O)Cc2ccc(Cl)cc2)nc2ccccc21. The standard InChI is InChI=1S/C20H22ClN3O2/c1-14(22-19(25)13-15-7-9-16(21)10-8-15)20-23-17-5-3-4-6-18(17)24(20)11-12-26-2/h3-10,14H,11-13H2,1-2H3,(H,22,25). The van der Waals surface area contributed by atoms with E-state index in [0.717, 1.165) is 22.4 Å². The Balaban J connectivity index is 1.77. The van der Waals surface area contributed by atoms with Crippen LogP contribution < -0.4 is 5.32 Å². The van der Waals surface area contributed by atoms with Crippen LogP contribution in [0.5, 0.6) is 0 Å². The minimum absolute atomic E-state index is 0.0508. The summed E-state index contributed by atoms with van der Waals surface area (Å²) in [5, 5.41) is 3.70. The number of methoxy groups -OCH3 is 1. The lowest BCUT2D eigenvalue weighted by molar-refractivity contribution is -0.121. The van der Waals surface area contributed by atoms with Gasteiger partial charge in [-0.3, -0.25) is 4.79 Å². The van der Waals surface area contributed by atoms with E-state index in [2.05, 4.69) is 9.88 Å². The van der Waals surface area contributed by atoms with Gasteiger partial charge in [-0.05, 0) is 36.8 Å². The number of nitrogens with one attached hydrogen (secondary N) is 1. The van der Waals surface area contributed by atoms with Crippen LogP contribution in [-0.4, -0.2) is 29.2 Å². The molecule has 3 aromatic rings. The van der Waals surface area contributed by atoms with E-state index in [1.165, 1.54) is 0 Å². The maximum atomic E-state index is 12.4. The third-order valence-corrected chi connectivity index (χ3v) is 4.50. The van der Waals surface area contributed by atoms with Gasteiger partial charge in [0.2, 0.25) is 5.91 Å². The zero-order chi connectivity index (χ0) is 18.5. The van der Waals surface area contributed by atoms with Crippen LogP contribution in [0.15, 0.2) is 48.5 Å². The van der Waals surface area contributed by atoms with Crippen molar-refractivity contribution in [1.82, 2.24) is 14.9 Å². The Hall–Kier alpha value is -2.37. The van der Waals surface area contributed by atoms with Crippen LogP contribution in [0.2, 0.25) is 5.02 Å². The Labute approximate surface area is 157 Å². The van der Waals surface area contributed by atoms with Gasteiger partial charge in [0, 0.05) is 18.7 Å². The molecule has 0 fully saturated rings. The number of fused-ring (bicyclic) bond motifs is 1. The molecule has 136 valence electrons. The first-order valence-electron chi connectivity index (χ1n) is 8.56. The minimum Gasteiger partial charge on any atom is -0.383 e. The molecule has 3 rings (SSSR count). The average molecular weight is 372 g/mol. The van der Waals surface area contributed by atoms with Crippen LogP contribution in [0.1, 0.15) is 24.4 Å². The third kappa shape index (κ3) is 4.23. The predicted octanol–water partition coefficient (Wildman–Crippen LogP) is 3.76. The number of carbonyl (C=O) groups is 1. The van der Waals surface area contributed by atoms with Gasteiger partial charge in [0.05, 0.1) is 30.1 Å². The first-order chi connectivity index (χ1) is 12.6. The number of amides is 1.